The summed E-state index contributed by atoms with van der Waals surface area (Å²) in [7, 11) is 3.60. The molecular formula is C17H22N2O2. The molecule has 1 atom stereocenters. The van der Waals surface area contributed by atoms with E-state index in [1.807, 2.05) is 50.4 Å². The van der Waals surface area contributed by atoms with Gasteiger partial charge in [-0.15, -0.1) is 0 Å². The first kappa shape index (κ1) is 15.5. The number of methoxy groups -OCH3 is 1. The Balaban J connectivity index is 2.03. The highest BCUT2D eigenvalue weighted by atomic mass is 16.5. The molecule has 0 aliphatic rings. The Morgan fingerprint density at radius 1 is 1.29 bits per heavy atom. The molecule has 0 aliphatic carbocycles. The SMILES string of the molecule is COc1ccc(C)cc1C(O)CN(C)Cc1ccccn1. The van der Waals surface area contributed by atoms with Crippen LogP contribution in [0.25, 0.3) is 0 Å². The molecule has 0 aliphatic heterocycles. The van der Waals surface area contributed by atoms with E-state index in [1.165, 1.54) is 0 Å². The molecule has 0 fully saturated rings. The van der Waals surface area contributed by atoms with Crippen LogP contribution >= 0.6 is 0 Å². The van der Waals surface area contributed by atoms with Crippen molar-refractivity contribution in [1.29, 1.82) is 0 Å². The molecule has 4 nitrogen and oxygen atoms in total. The number of aliphatic hydroxyl groups excluding tert-OH is 1. The summed E-state index contributed by atoms with van der Waals surface area (Å²) in [5.74, 6) is 0.722. The fourth-order valence-electron chi connectivity index (χ4n) is 2.34. The molecule has 0 bridgehead atoms. The fraction of sp³-hybridized carbons (Fsp3) is 0.353. The van der Waals surface area contributed by atoms with E-state index in [0.717, 1.165) is 22.6 Å². The molecular weight excluding hydrogens is 264 g/mol. The van der Waals surface area contributed by atoms with Crippen LogP contribution in [0.2, 0.25) is 0 Å². The lowest BCUT2D eigenvalue weighted by molar-refractivity contribution is 0.120. The van der Waals surface area contributed by atoms with Crippen molar-refractivity contribution in [3.8, 4) is 5.75 Å². The standard InChI is InChI=1S/C17H22N2O2/c1-13-7-8-17(21-3)15(10-13)16(20)12-19(2)11-14-6-4-5-9-18-14/h4-10,16,20H,11-12H2,1-3H3. The molecule has 2 rings (SSSR count). The molecule has 0 amide bonds. The van der Waals surface area contributed by atoms with Gasteiger partial charge in [0.25, 0.3) is 0 Å². The lowest BCUT2D eigenvalue weighted by Gasteiger charge is -2.22. The van der Waals surface area contributed by atoms with Gasteiger partial charge in [0.05, 0.1) is 18.9 Å². The van der Waals surface area contributed by atoms with Crippen molar-refractivity contribution < 1.29 is 9.84 Å². The lowest BCUT2D eigenvalue weighted by atomic mass is 10.0. The maximum Gasteiger partial charge on any atom is 0.124 e. The minimum atomic E-state index is -0.589. The first-order chi connectivity index (χ1) is 10.1. The third kappa shape index (κ3) is 4.28. The number of aliphatic hydroxyl groups is 1. The van der Waals surface area contributed by atoms with Gasteiger partial charge in [0, 0.05) is 24.8 Å². The van der Waals surface area contributed by atoms with Gasteiger partial charge in [0.15, 0.2) is 0 Å². The Bertz CT molecular complexity index is 572. The molecule has 21 heavy (non-hydrogen) atoms. The molecule has 1 unspecified atom stereocenters. The summed E-state index contributed by atoms with van der Waals surface area (Å²) in [6.07, 6.45) is 1.19. The van der Waals surface area contributed by atoms with E-state index in [2.05, 4.69) is 9.88 Å². The first-order valence-corrected chi connectivity index (χ1v) is 7.01. The van der Waals surface area contributed by atoms with Crippen LogP contribution in [-0.2, 0) is 6.54 Å². The second-order valence-corrected chi connectivity index (χ2v) is 5.28. The van der Waals surface area contributed by atoms with Crippen LogP contribution in [0.1, 0.15) is 22.9 Å². The van der Waals surface area contributed by atoms with Gasteiger partial charge >= 0.3 is 0 Å². The van der Waals surface area contributed by atoms with Crippen LogP contribution in [0.4, 0.5) is 0 Å². The Hall–Kier alpha value is -1.91. The van der Waals surface area contributed by atoms with E-state index < -0.39 is 6.10 Å². The van der Waals surface area contributed by atoms with Gasteiger partial charge in [-0.05, 0) is 38.2 Å². The Kier molecular flexibility index (Phi) is 5.31. The van der Waals surface area contributed by atoms with Crippen molar-refractivity contribution in [3.63, 3.8) is 0 Å². The zero-order valence-electron chi connectivity index (χ0n) is 12.8. The first-order valence-electron chi connectivity index (χ1n) is 7.01. The second-order valence-electron chi connectivity index (χ2n) is 5.28. The van der Waals surface area contributed by atoms with Crippen molar-refractivity contribution in [2.24, 2.45) is 0 Å². The van der Waals surface area contributed by atoms with Crippen molar-refractivity contribution in [2.75, 3.05) is 20.7 Å². The molecule has 112 valence electrons. The van der Waals surface area contributed by atoms with Gasteiger partial charge in [0.2, 0.25) is 0 Å². The molecule has 1 aromatic heterocycles. The number of aromatic nitrogens is 1. The summed E-state index contributed by atoms with van der Waals surface area (Å²) >= 11 is 0. The number of pyridine rings is 1. The van der Waals surface area contributed by atoms with E-state index in [9.17, 15) is 5.11 Å². The minimum absolute atomic E-state index is 0.524. The fourth-order valence-corrected chi connectivity index (χ4v) is 2.34. The number of likely N-dealkylation sites (N-methyl/N-ethyl adjacent to an activating group) is 1. The number of ether oxygens (including phenoxy) is 1. The molecule has 2 aromatic rings. The third-order valence-corrected chi connectivity index (χ3v) is 3.39. The van der Waals surface area contributed by atoms with Crippen LogP contribution in [-0.4, -0.2) is 35.7 Å². The molecule has 1 aromatic carbocycles. The molecule has 0 radical (unpaired) electrons. The van der Waals surface area contributed by atoms with Crippen molar-refractivity contribution >= 4 is 0 Å². The molecule has 0 spiro atoms. The Labute approximate surface area is 126 Å². The highest BCUT2D eigenvalue weighted by molar-refractivity contribution is 5.38. The largest absolute Gasteiger partial charge is 0.496 e. The highest BCUT2D eigenvalue weighted by Crippen LogP contribution is 2.26. The average molecular weight is 286 g/mol. The quantitative estimate of drug-likeness (QED) is 0.886. The highest BCUT2D eigenvalue weighted by Gasteiger charge is 2.16. The molecule has 1 heterocycles. The minimum Gasteiger partial charge on any atom is -0.496 e. The van der Waals surface area contributed by atoms with Crippen molar-refractivity contribution in [2.45, 2.75) is 19.6 Å². The van der Waals surface area contributed by atoms with E-state index in [0.29, 0.717) is 13.1 Å². The number of benzene rings is 1. The van der Waals surface area contributed by atoms with Crippen LogP contribution in [0.15, 0.2) is 42.6 Å². The van der Waals surface area contributed by atoms with Crippen molar-refractivity contribution in [1.82, 2.24) is 9.88 Å². The average Bonchev–Trinajstić information content (AvgIpc) is 2.48. The number of hydrogen-bond donors (Lipinski definition) is 1. The van der Waals surface area contributed by atoms with Crippen LogP contribution in [0.5, 0.6) is 5.75 Å². The van der Waals surface area contributed by atoms with Gasteiger partial charge in [-0.25, -0.2) is 0 Å². The van der Waals surface area contributed by atoms with Gasteiger partial charge < -0.3 is 9.84 Å². The van der Waals surface area contributed by atoms with Crippen LogP contribution in [0, 0.1) is 6.92 Å². The van der Waals surface area contributed by atoms with Crippen LogP contribution < -0.4 is 4.74 Å². The summed E-state index contributed by atoms with van der Waals surface area (Å²) in [4.78, 5) is 6.35. The number of rotatable bonds is 6. The second kappa shape index (κ2) is 7.20. The molecule has 0 saturated heterocycles. The summed E-state index contributed by atoms with van der Waals surface area (Å²) in [5, 5.41) is 10.5. The predicted molar refractivity (Wildman–Crippen MR) is 83.3 cm³/mol. The van der Waals surface area contributed by atoms with E-state index in [-0.39, 0.29) is 0 Å². The predicted octanol–water partition coefficient (Wildman–Crippen LogP) is 2.56. The summed E-state index contributed by atoms with van der Waals surface area (Å²) in [6, 6.07) is 11.7. The molecule has 0 saturated carbocycles. The van der Waals surface area contributed by atoms with Gasteiger partial charge in [-0.3, -0.25) is 9.88 Å². The van der Waals surface area contributed by atoms with Gasteiger partial charge in [-0.1, -0.05) is 17.7 Å². The normalized spacial score (nSPS) is 12.4. The summed E-state index contributed by atoms with van der Waals surface area (Å²) < 4.78 is 5.33. The zero-order chi connectivity index (χ0) is 15.2. The third-order valence-electron chi connectivity index (χ3n) is 3.39. The van der Waals surface area contributed by atoms with Gasteiger partial charge in [0.1, 0.15) is 5.75 Å². The molecule has 1 N–H and O–H groups in total. The number of aryl methyl sites for hydroxylation is 1. The summed E-state index contributed by atoms with van der Waals surface area (Å²) in [5.41, 5.74) is 2.92. The van der Waals surface area contributed by atoms with Crippen LogP contribution in [0.3, 0.4) is 0 Å². The Morgan fingerprint density at radius 2 is 2.10 bits per heavy atom. The molecule has 4 heteroatoms. The van der Waals surface area contributed by atoms with Crippen molar-refractivity contribution in [3.05, 3.63) is 59.4 Å². The topological polar surface area (TPSA) is 45.6 Å². The number of hydrogen-bond acceptors (Lipinski definition) is 4. The maximum absolute atomic E-state index is 10.5. The van der Waals surface area contributed by atoms with E-state index >= 15 is 0 Å². The Morgan fingerprint density at radius 3 is 2.76 bits per heavy atom. The van der Waals surface area contributed by atoms with Gasteiger partial charge in [-0.2, -0.15) is 0 Å². The van der Waals surface area contributed by atoms with E-state index in [1.54, 1.807) is 13.3 Å². The smallest absolute Gasteiger partial charge is 0.124 e. The monoisotopic (exact) mass is 286 g/mol. The van der Waals surface area contributed by atoms with E-state index in [4.69, 9.17) is 4.74 Å². The number of nitrogens with zero attached hydrogens (tertiary/aromatic N) is 2. The lowest BCUT2D eigenvalue weighted by Crippen LogP contribution is -2.25. The zero-order valence-corrected chi connectivity index (χ0v) is 12.8. The summed E-state index contributed by atoms with van der Waals surface area (Å²) in [6.45, 7) is 3.23. The maximum atomic E-state index is 10.5.